The van der Waals surface area contributed by atoms with Gasteiger partial charge in [-0.25, -0.2) is 12.8 Å². The first-order chi connectivity index (χ1) is 11.3. The van der Waals surface area contributed by atoms with E-state index in [1.165, 1.54) is 7.05 Å². The molecule has 2 aromatic carbocycles. The standard InChI is InChI=1S/C17H18FNO4S/c1-13(14-6-4-3-5-7-14)23-17(20)12-19(2)24(21,22)16-10-8-15(18)9-11-16/h3-11,13H,12H2,1-2H3/t13-/m0/s1. The molecule has 7 heteroatoms. The Morgan fingerprint density at radius 1 is 1.12 bits per heavy atom. The highest BCUT2D eigenvalue weighted by Crippen LogP contribution is 2.18. The Balaban J connectivity index is 2.01. The maximum absolute atomic E-state index is 12.9. The van der Waals surface area contributed by atoms with Crippen molar-refractivity contribution in [2.45, 2.75) is 17.9 Å². The predicted molar refractivity (Wildman–Crippen MR) is 87.2 cm³/mol. The number of hydrogen-bond donors (Lipinski definition) is 0. The lowest BCUT2D eigenvalue weighted by atomic mass is 10.1. The average molecular weight is 351 g/mol. The first kappa shape index (κ1) is 18.1. The lowest BCUT2D eigenvalue weighted by Gasteiger charge is -2.19. The van der Waals surface area contributed by atoms with Crippen LogP contribution in [0.3, 0.4) is 0 Å². The third-order valence-corrected chi connectivity index (χ3v) is 5.27. The minimum Gasteiger partial charge on any atom is -0.457 e. The zero-order chi connectivity index (χ0) is 17.7. The average Bonchev–Trinajstić information content (AvgIpc) is 2.55. The molecule has 0 aliphatic carbocycles. The van der Waals surface area contributed by atoms with E-state index in [0.29, 0.717) is 0 Å². The minimum absolute atomic E-state index is 0.0877. The van der Waals surface area contributed by atoms with E-state index in [0.717, 1.165) is 34.1 Å². The number of benzene rings is 2. The molecule has 0 amide bonds. The van der Waals surface area contributed by atoms with Crippen LogP contribution in [0, 0.1) is 5.82 Å². The van der Waals surface area contributed by atoms with Crippen molar-refractivity contribution in [3.63, 3.8) is 0 Å². The van der Waals surface area contributed by atoms with Crippen LogP contribution in [0.2, 0.25) is 0 Å². The zero-order valence-electron chi connectivity index (χ0n) is 13.3. The molecule has 0 radical (unpaired) electrons. The number of nitrogens with zero attached hydrogens (tertiary/aromatic N) is 1. The Kier molecular flexibility index (Phi) is 5.69. The van der Waals surface area contributed by atoms with Gasteiger partial charge in [-0.15, -0.1) is 0 Å². The van der Waals surface area contributed by atoms with Gasteiger partial charge in [-0.2, -0.15) is 4.31 Å². The number of esters is 1. The van der Waals surface area contributed by atoms with Crippen molar-refractivity contribution in [1.29, 1.82) is 0 Å². The van der Waals surface area contributed by atoms with Crippen molar-refractivity contribution in [2.24, 2.45) is 0 Å². The second kappa shape index (κ2) is 7.55. The highest BCUT2D eigenvalue weighted by Gasteiger charge is 2.24. The Labute approximate surface area is 140 Å². The molecular weight excluding hydrogens is 333 g/mol. The number of rotatable bonds is 6. The van der Waals surface area contributed by atoms with Crippen LogP contribution >= 0.6 is 0 Å². The van der Waals surface area contributed by atoms with Gasteiger partial charge in [0.15, 0.2) is 0 Å². The number of likely N-dealkylation sites (N-methyl/N-ethyl adjacent to an activating group) is 1. The molecule has 0 aliphatic heterocycles. The highest BCUT2D eigenvalue weighted by atomic mass is 32.2. The molecule has 0 aliphatic rings. The van der Waals surface area contributed by atoms with Crippen molar-refractivity contribution < 1.29 is 22.3 Å². The van der Waals surface area contributed by atoms with Crippen molar-refractivity contribution in [3.8, 4) is 0 Å². The molecule has 0 unspecified atom stereocenters. The van der Waals surface area contributed by atoms with Gasteiger partial charge in [-0.05, 0) is 36.8 Å². The van der Waals surface area contributed by atoms with E-state index < -0.39 is 34.5 Å². The van der Waals surface area contributed by atoms with Crippen molar-refractivity contribution in [3.05, 3.63) is 66.0 Å². The molecule has 0 aromatic heterocycles. The fourth-order valence-electron chi connectivity index (χ4n) is 2.08. The second-order valence-corrected chi connectivity index (χ2v) is 7.30. The van der Waals surface area contributed by atoms with Gasteiger partial charge in [-0.3, -0.25) is 4.79 Å². The van der Waals surface area contributed by atoms with Crippen LogP contribution in [-0.4, -0.2) is 32.3 Å². The summed E-state index contributed by atoms with van der Waals surface area (Å²) in [5, 5.41) is 0. The number of carbonyl (C=O) groups is 1. The summed E-state index contributed by atoms with van der Waals surface area (Å²) in [5.74, 6) is -1.20. The summed E-state index contributed by atoms with van der Waals surface area (Å²) >= 11 is 0. The molecule has 2 rings (SSSR count). The quantitative estimate of drug-likeness (QED) is 0.751. The molecular formula is C17H18FNO4S. The Hall–Kier alpha value is -2.25. The molecule has 1 atom stereocenters. The van der Waals surface area contributed by atoms with Crippen LogP contribution in [0.25, 0.3) is 0 Å². The molecule has 2 aromatic rings. The fourth-order valence-corrected chi connectivity index (χ4v) is 3.20. The largest absolute Gasteiger partial charge is 0.457 e. The van der Waals surface area contributed by atoms with Gasteiger partial charge in [0.25, 0.3) is 0 Å². The van der Waals surface area contributed by atoms with Crippen LogP contribution in [0.5, 0.6) is 0 Å². The summed E-state index contributed by atoms with van der Waals surface area (Å²) in [7, 11) is -2.61. The molecule has 0 saturated carbocycles. The molecule has 0 bridgehead atoms. The van der Waals surface area contributed by atoms with Gasteiger partial charge in [0.05, 0.1) is 4.90 Å². The third kappa shape index (κ3) is 4.39. The van der Waals surface area contributed by atoms with Gasteiger partial charge in [0, 0.05) is 7.05 Å². The Morgan fingerprint density at radius 2 is 1.71 bits per heavy atom. The first-order valence-corrected chi connectivity index (χ1v) is 8.71. The molecule has 0 fully saturated rings. The molecule has 0 spiro atoms. The summed E-state index contributed by atoms with van der Waals surface area (Å²) in [4.78, 5) is 11.9. The van der Waals surface area contributed by atoms with Crippen LogP contribution < -0.4 is 0 Å². The van der Waals surface area contributed by atoms with E-state index >= 15 is 0 Å². The smallest absolute Gasteiger partial charge is 0.321 e. The SMILES string of the molecule is C[C@H](OC(=O)CN(C)S(=O)(=O)c1ccc(F)cc1)c1ccccc1. The normalized spacial score (nSPS) is 12.8. The topological polar surface area (TPSA) is 63.7 Å². The monoisotopic (exact) mass is 351 g/mol. The molecule has 5 nitrogen and oxygen atoms in total. The summed E-state index contributed by atoms with van der Waals surface area (Å²) in [6.45, 7) is 1.28. The van der Waals surface area contributed by atoms with E-state index in [1.807, 2.05) is 30.3 Å². The Morgan fingerprint density at radius 3 is 2.29 bits per heavy atom. The van der Waals surface area contributed by atoms with E-state index in [9.17, 15) is 17.6 Å². The van der Waals surface area contributed by atoms with Gasteiger partial charge in [0.1, 0.15) is 18.5 Å². The maximum atomic E-state index is 12.9. The van der Waals surface area contributed by atoms with Crippen molar-refractivity contribution in [2.75, 3.05) is 13.6 Å². The summed E-state index contributed by atoms with van der Waals surface area (Å²) in [6, 6.07) is 13.5. The van der Waals surface area contributed by atoms with Crippen molar-refractivity contribution >= 4 is 16.0 Å². The second-order valence-electron chi connectivity index (χ2n) is 5.26. The van der Waals surface area contributed by atoms with Gasteiger partial charge < -0.3 is 4.74 Å². The fraction of sp³-hybridized carbons (Fsp3) is 0.235. The number of carbonyl (C=O) groups excluding carboxylic acids is 1. The van der Waals surface area contributed by atoms with E-state index in [4.69, 9.17) is 4.74 Å². The van der Waals surface area contributed by atoms with Gasteiger partial charge in [-0.1, -0.05) is 30.3 Å². The van der Waals surface area contributed by atoms with Crippen LogP contribution in [0.1, 0.15) is 18.6 Å². The third-order valence-electron chi connectivity index (χ3n) is 3.45. The molecule has 0 heterocycles. The lowest BCUT2D eigenvalue weighted by Crippen LogP contribution is -2.33. The van der Waals surface area contributed by atoms with Crippen LogP contribution in [0.15, 0.2) is 59.5 Å². The predicted octanol–water partition coefficient (Wildman–Crippen LogP) is 2.75. The highest BCUT2D eigenvalue weighted by molar-refractivity contribution is 7.89. The molecule has 128 valence electrons. The number of sulfonamides is 1. The van der Waals surface area contributed by atoms with E-state index in [1.54, 1.807) is 6.92 Å². The summed E-state index contributed by atoms with van der Waals surface area (Å²) < 4.78 is 43.7. The van der Waals surface area contributed by atoms with Crippen molar-refractivity contribution in [1.82, 2.24) is 4.31 Å². The van der Waals surface area contributed by atoms with E-state index in [-0.39, 0.29) is 4.90 Å². The van der Waals surface area contributed by atoms with Gasteiger partial charge >= 0.3 is 5.97 Å². The van der Waals surface area contributed by atoms with Crippen LogP contribution in [0.4, 0.5) is 4.39 Å². The minimum atomic E-state index is -3.89. The molecule has 0 saturated heterocycles. The molecule has 24 heavy (non-hydrogen) atoms. The van der Waals surface area contributed by atoms with E-state index in [2.05, 4.69) is 0 Å². The van der Waals surface area contributed by atoms with Crippen LogP contribution in [-0.2, 0) is 19.6 Å². The summed E-state index contributed by atoms with van der Waals surface area (Å²) in [6.07, 6.45) is -0.486. The molecule has 0 N–H and O–H groups in total. The first-order valence-electron chi connectivity index (χ1n) is 7.27. The number of ether oxygens (including phenoxy) is 1. The Bertz CT molecular complexity index is 791. The number of hydrogen-bond acceptors (Lipinski definition) is 4. The summed E-state index contributed by atoms with van der Waals surface area (Å²) in [5.41, 5.74) is 0.815. The lowest BCUT2D eigenvalue weighted by molar-refractivity contribution is -0.148. The maximum Gasteiger partial charge on any atom is 0.321 e. The zero-order valence-corrected chi connectivity index (χ0v) is 14.2. The van der Waals surface area contributed by atoms with Gasteiger partial charge in [0.2, 0.25) is 10.0 Å². The number of halogens is 1.